The monoisotopic (exact) mass is 299 g/mol. The summed E-state index contributed by atoms with van der Waals surface area (Å²) in [5, 5.41) is 8.75. The second-order valence-electron chi connectivity index (χ2n) is 5.89. The van der Waals surface area contributed by atoms with Crippen LogP contribution in [0, 0.1) is 0 Å². The average molecular weight is 299 g/mol. The molecule has 0 aliphatic carbocycles. The lowest BCUT2D eigenvalue weighted by atomic mass is 10.1. The third-order valence-corrected chi connectivity index (χ3v) is 3.81. The van der Waals surface area contributed by atoms with Crippen molar-refractivity contribution in [1.82, 2.24) is 10.2 Å². The summed E-state index contributed by atoms with van der Waals surface area (Å²) in [6.45, 7) is 4.59. The minimum atomic E-state index is -0.201. The predicted octanol–water partition coefficient (Wildman–Crippen LogP) is 3.34. The van der Waals surface area contributed by atoms with E-state index in [9.17, 15) is 4.79 Å². The SMILES string of the molecule is CC1(C)CN(C(=O)Nc2ccc3ccccc3c2)C(=S)N1. The summed E-state index contributed by atoms with van der Waals surface area (Å²) < 4.78 is 0. The lowest BCUT2D eigenvalue weighted by Crippen LogP contribution is -2.37. The summed E-state index contributed by atoms with van der Waals surface area (Å²) in [5.41, 5.74) is 0.587. The Balaban J connectivity index is 1.79. The van der Waals surface area contributed by atoms with Crippen LogP contribution in [-0.4, -0.2) is 28.1 Å². The highest BCUT2D eigenvalue weighted by Gasteiger charge is 2.35. The van der Waals surface area contributed by atoms with Crippen molar-refractivity contribution in [1.29, 1.82) is 0 Å². The second-order valence-corrected chi connectivity index (χ2v) is 6.28. The highest BCUT2D eigenvalue weighted by Crippen LogP contribution is 2.20. The van der Waals surface area contributed by atoms with E-state index in [2.05, 4.69) is 10.6 Å². The van der Waals surface area contributed by atoms with E-state index in [4.69, 9.17) is 12.2 Å². The number of urea groups is 1. The van der Waals surface area contributed by atoms with Crippen molar-refractivity contribution in [2.75, 3.05) is 11.9 Å². The molecule has 2 N–H and O–H groups in total. The first kappa shape index (κ1) is 13.8. The second kappa shape index (κ2) is 5.00. The van der Waals surface area contributed by atoms with Gasteiger partial charge in [0.2, 0.25) is 0 Å². The van der Waals surface area contributed by atoms with Crippen LogP contribution in [0.15, 0.2) is 42.5 Å². The zero-order chi connectivity index (χ0) is 15.0. The highest BCUT2D eigenvalue weighted by molar-refractivity contribution is 7.80. The van der Waals surface area contributed by atoms with Gasteiger partial charge in [0.05, 0.1) is 12.1 Å². The Bertz CT molecular complexity index is 726. The minimum Gasteiger partial charge on any atom is -0.355 e. The molecular weight excluding hydrogens is 282 g/mol. The van der Waals surface area contributed by atoms with E-state index in [0.29, 0.717) is 11.7 Å². The Morgan fingerprint density at radius 2 is 1.95 bits per heavy atom. The van der Waals surface area contributed by atoms with Gasteiger partial charge in [-0.25, -0.2) is 4.79 Å². The van der Waals surface area contributed by atoms with Gasteiger partial charge in [-0.15, -0.1) is 0 Å². The van der Waals surface area contributed by atoms with E-state index in [1.54, 1.807) is 4.90 Å². The Kier molecular flexibility index (Phi) is 3.29. The smallest absolute Gasteiger partial charge is 0.328 e. The molecule has 0 aromatic heterocycles. The van der Waals surface area contributed by atoms with E-state index in [1.165, 1.54) is 0 Å². The van der Waals surface area contributed by atoms with Crippen LogP contribution in [0.25, 0.3) is 10.8 Å². The number of anilines is 1. The van der Waals surface area contributed by atoms with Crippen LogP contribution in [0.4, 0.5) is 10.5 Å². The number of carbonyl (C=O) groups excluding carboxylic acids is 1. The fourth-order valence-electron chi connectivity index (χ4n) is 2.49. The topological polar surface area (TPSA) is 44.4 Å². The van der Waals surface area contributed by atoms with Crippen LogP contribution in [0.2, 0.25) is 0 Å². The summed E-state index contributed by atoms with van der Waals surface area (Å²) in [4.78, 5) is 13.9. The molecule has 0 unspecified atom stereocenters. The van der Waals surface area contributed by atoms with Crippen molar-refractivity contribution in [3.05, 3.63) is 42.5 Å². The number of hydrogen-bond donors (Lipinski definition) is 2. The molecule has 0 saturated carbocycles. The maximum atomic E-state index is 12.3. The molecule has 2 amide bonds. The van der Waals surface area contributed by atoms with Gasteiger partial charge in [0.25, 0.3) is 0 Å². The van der Waals surface area contributed by atoms with E-state index >= 15 is 0 Å². The Labute approximate surface area is 129 Å². The van der Waals surface area contributed by atoms with Crippen LogP contribution in [0.5, 0.6) is 0 Å². The number of nitrogens with one attached hydrogen (secondary N) is 2. The molecule has 1 heterocycles. The van der Waals surface area contributed by atoms with Gasteiger partial charge in [0.1, 0.15) is 0 Å². The average Bonchev–Trinajstić information content (AvgIpc) is 2.72. The molecule has 1 fully saturated rings. The molecule has 1 saturated heterocycles. The number of benzene rings is 2. The van der Waals surface area contributed by atoms with Crippen LogP contribution < -0.4 is 10.6 Å². The van der Waals surface area contributed by atoms with Crippen molar-refractivity contribution < 1.29 is 4.79 Å². The third-order valence-electron chi connectivity index (χ3n) is 3.49. The lowest BCUT2D eigenvalue weighted by molar-refractivity contribution is 0.233. The molecule has 2 aromatic carbocycles. The summed E-state index contributed by atoms with van der Waals surface area (Å²) in [5.74, 6) is 0. The van der Waals surface area contributed by atoms with Gasteiger partial charge in [-0.3, -0.25) is 4.90 Å². The fraction of sp³-hybridized carbons (Fsp3) is 0.250. The molecular formula is C16H17N3OS. The van der Waals surface area contributed by atoms with E-state index in [0.717, 1.165) is 16.5 Å². The normalized spacial score (nSPS) is 16.9. The first-order chi connectivity index (χ1) is 9.94. The molecule has 0 spiro atoms. The number of carbonyl (C=O) groups is 1. The number of thiocarbonyl (C=S) groups is 1. The Morgan fingerprint density at radius 3 is 2.62 bits per heavy atom. The van der Waals surface area contributed by atoms with Gasteiger partial charge in [0.15, 0.2) is 5.11 Å². The summed E-state index contributed by atoms with van der Waals surface area (Å²) in [6, 6.07) is 13.7. The first-order valence-electron chi connectivity index (χ1n) is 6.84. The molecule has 0 radical (unpaired) electrons. The summed E-state index contributed by atoms with van der Waals surface area (Å²) >= 11 is 5.21. The standard InChI is InChI=1S/C16H17N3OS/c1-16(2)10-19(15(21)18-16)14(20)17-13-8-7-11-5-3-4-6-12(11)9-13/h3-9H,10H2,1-2H3,(H,17,20)(H,18,21). The van der Waals surface area contributed by atoms with Crippen molar-refractivity contribution in [2.24, 2.45) is 0 Å². The molecule has 1 aliphatic rings. The molecule has 3 rings (SSSR count). The van der Waals surface area contributed by atoms with Gasteiger partial charge in [-0.05, 0) is 49.0 Å². The van der Waals surface area contributed by atoms with Crippen molar-refractivity contribution in [3.8, 4) is 0 Å². The summed E-state index contributed by atoms with van der Waals surface area (Å²) in [7, 11) is 0. The maximum absolute atomic E-state index is 12.3. The van der Waals surface area contributed by atoms with Crippen molar-refractivity contribution in [3.63, 3.8) is 0 Å². The number of amides is 2. The largest absolute Gasteiger partial charge is 0.355 e. The maximum Gasteiger partial charge on any atom is 0.328 e. The number of nitrogens with zero attached hydrogens (tertiary/aromatic N) is 1. The van der Waals surface area contributed by atoms with Crippen LogP contribution in [0.1, 0.15) is 13.8 Å². The zero-order valence-corrected chi connectivity index (χ0v) is 12.8. The van der Waals surface area contributed by atoms with Crippen molar-refractivity contribution in [2.45, 2.75) is 19.4 Å². The van der Waals surface area contributed by atoms with Gasteiger partial charge >= 0.3 is 6.03 Å². The van der Waals surface area contributed by atoms with Gasteiger partial charge in [0, 0.05) is 5.69 Å². The third kappa shape index (κ3) is 2.83. The molecule has 1 aliphatic heterocycles. The quantitative estimate of drug-likeness (QED) is 0.794. The highest BCUT2D eigenvalue weighted by atomic mass is 32.1. The van der Waals surface area contributed by atoms with Crippen LogP contribution in [0.3, 0.4) is 0 Å². The Hall–Kier alpha value is -2.14. The first-order valence-corrected chi connectivity index (χ1v) is 7.25. The number of hydrogen-bond acceptors (Lipinski definition) is 2. The Morgan fingerprint density at radius 1 is 1.24 bits per heavy atom. The number of fused-ring (bicyclic) bond motifs is 1. The van der Waals surface area contributed by atoms with Crippen LogP contribution in [-0.2, 0) is 0 Å². The van der Waals surface area contributed by atoms with Gasteiger partial charge in [-0.1, -0.05) is 30.3 Å². The zero-order valence-electron chi connectivity index (χ0n) is 12.0. The predicted molar refractivity (Wildman–Crippen MR) is 89.5 cm³/mol. The minimum absolute atomic E-state index is 0.183. The summed E-state index contributed by atoms with van der Waals surface area (Å²) in [6.07, 6.45) is 0. The molecule has 4 nitrogen and oxygen atoms in total. The molecule has 5 heteroatoms. The molecule has 2 aromatic rings. The van der Waals surface area contributed by atoms with E-state index in [-0.39, 0.29) is 11.6 Å². The van der Waals surface area contributed by atoms with Crippen LogP contribution >= 0.6 is 12.2 Å². The van der Waals surface area contributed by atoms with Crippen molar-refractivity contribution >= 4 is 39.8 Å². The molecule has 108 valence electrons. The van der Waals surface area contributed by atoms with E-state index in [1.807, 2.05) is 56.3 Å². The fourth-order valence-corrected chi connectivity index (χ4v) is 2.91. The number of rotatable bonds is 1. The lowest BCUT2D eigenvalue weighted by Gasteiger charge is -2.18. The van der Waals surface area contributed by atoms with Gasteiger partial charge < -0.3 is 10.6 Å². The van der Waals surface area contributed by atoms with E-state index < -0.39 is 0 Å². The molecule has 0 bridgehead atoms. The molecule has 0 atom stereocenters. The van der Waals surface area contributed by atoms with Gasteiger partial charge in [-0.2, -0.15) is 0 Å². The molecule has 21 heavy (non-hydrogen) atoms.